The Balaban J connectivity index is 1.91. The predicted molar refractivity (Wildman–Crippen MR) is 119 cm³/mol. The lowest BCUT2D eigenvalue weighted by molar-refractivity contribution is -0.131. The second-order valence-corrected chi connectivity index (χ2v) is 9.07. The van der Waals surface area contributed by atoms with E-state index in [1.165, 1.54) is 6.20 Å². The number of likely N-dealkylation sites (N-methyl/N-ethyl adjacent to an activating group) is 1. The molecule has 0 spiro atoms. The van der Waals surface area contributed by atoms with Gasteiger partial charge in [-0.05, 0) is 38.7 Å². The van der Waals surface area contributed by atoms with Crippen molar-refractivity contribution in [2.75, 3.05) is 26.7 Å². The molecule has 1 aliphatic carbocycles. The van der Waals surface area contributed by atoms with Gasteiger partial charge in [0.15, 0.2) is 0 Å². The van der Waals surface area contributed by atoms with Gasteiger partial charge in [0.1, 0.15) is 17.8 Å². The molecule has 1 saturated carbocycles. The highest BCUT2D eigenvalue weighted by Crippen LogP contribution is 2.33. The molecule has 1 aliphatic heterocycles. The number of aliphatic hydroxyl groups excluding tert-OH is 2. The Hall–Kier alpha value is -2.63. The summed E-state index contributed by atoms with van der Waals surface area (Å²) in [6, 6.07) is 1.21. The van der Waals surface area contributed by atoms with E-state index < -0.39 is 12.1 Å². The molecule has 0 bridgehead atoms. The van der Waals surface area contributed by atoms with Gasteiger partial charge >= 0.3 is 0 Å². The summed E-state index contributed by atoms with van der Waals surface area (Å²) in [6.07, 6.45) is 3.12. The second-order valence-electron chi connectivity index (χ2n) is 9.07. The largest absolute Gasteiger partial charge is 0.472 e. The molecule has 2 amide bonds. The van der Waals surface area contributed by atoms with E-state index in [1.54, 1.807) is 36.8 Å². The van der Waals surface area contributed by atoms with Gasteiger partial charge in [0.05, 0.1) is 19.2 Å². The maximum absolute atomic E-state index is 13.3. The molecule has 1 aromatic heterocycles. The molecule has 0 radical (unpaired) electrons. The molecule has 0 unspecified atom stereocenters. The van der Waals surface area contributed by atoms with Gasteiger partial charge in [-0.25, -0.2) is 4.98 Å². The van der Waals surface area contributed by atoms with Crippen LogP contribution in [0.3, 0.4) is 0 Å². The molecule has 0 aromatic carbocycles. The van der Waals surface area contributed by atoms with Crippen LogP contribution in [-0.2, 0) is 4.79 Å². The number of nitrogens with zero attached hydrogens (tertiary/aromatic N) is 3. The summed E-state index contributed by atoms with van der Waals surface area (Å²) in [6.45, 7) is 5.90. The number of hydrogen-bond acceptors (Lipinski definition) is 6. The molecule has 2 heterocycles. The highest BCUT2D eigenvalue weighted by Gasteiger charge is 2.35. The van der Waals surface area contributed by atoms with Gasteiger partial charge in [-0.15, -0.1) is 0 Å². The average Bonchev–Trinajstić information content (AvgIpc) is 3.58. The Bertz CT molecular complexity index is 903. The molecule has 8 heteroatoms. The normalized spacial score (nSPS) is 22.4. The van der Waals surface area contributed by atoms with Crippen LogP contribution in [0.25, 0.3) is 0 Å². The number of amides is 2. The van der Waals surface area contributed by atoms with Crippen LogP contribution in [0.15, 0.2) is 12.3 Å². The number of rotatable bonds is 6. The van der Waals surface area contributed by atoms with Gasteiger partial charge in [-0.3, -0.25) is 9.59 Å². The number of pyridine rings is 1. The van der Waals surface area contributed by atoms with Crippen LogP contribution in [0, 0.1) is 23.7 Å². The first-order chi connectivity index (χ1) is 15.2. The fourth-order valence-corrected chi connectivity index (χ4v) is 3.67. The van der Waals surface area contributed by atoms with E-state index in [4.69, 9.17) is 4.74 Å². The first-order valence-corrected chi connectivity index (χ1v) is 11.2. The number of carbonyl (C=O) groups is 2. The maximum Gasteiger partial charge on any atom is 0.259 e. The number of aromatic nitrogens is 1. The number of hydrogen-bond donors (Lipinski definition) is 2. The molecule has 8 nitrogen and oxygen atoms in total. The molecule has 2 N–H and O–H groups in total. The quantitative estimate of drug-likeness (QED) is 0.643. The Morgan fingerprint density at radius 1 is 1.41 bits per heavy atom. The highest BCUT2D eigenvalue weighted by atomic mass is 16.5. The lowest BCUT2D eigenvalue weighted by Crippen LogP contribution is -2.50. The second kappa shape index (κ2) is 10.3. The molecule has 3 rings (SSSR count). The summed E-state index contributed by atoms with van der Waals surface area (Å²) in [5.41, 5.74) is 0.742. The van der Waals surface area contributed by atoms with E-state index >= 15 is 0 Å². The smallest absolute Gasteiger partial charge is 0.259 e. The Labute approximate surface area is 189 Å². The Morgan fingerprint density at radius 2 is 2.12 bits per heavy atom. The number of ether oxygens (including phenoxy) is 1. The van der Waals surface area contributed by atoms with Gasteiger partial charge in [-0.2, -0.15) is 0 Å². The van der Waals surface area contributed by atoms with Crippen molar-refractivity contribution < 1.29 is 24.5 Å². The third-order valence-electron chi connectivity index (χ3n) is 5.99. The molecule has 4 atom stereocenters. The van der Waals surface area contributed by atoms with E-state index in [-0.39, 0.29) is 41.9 Å². The molecule has 32 heavy (non-hydrogen) atoms. The SMILES string of the molecule is C[C@@H]1CN([C@H](C)CO)C(=O)c2cc(C#C[C@@H](C)O)cnc2O[C@@H]1CN(C)C(=O)CC1CC1. The van der Waals surface area contributed by atoms with E-state index in [9.17, 15) is 19.8 Å². The van der Waals surface area contributed by atoms with Crippen LogP contribution in [0.4, 0.5) is 0 Å². The van der Waals surface area contributed by atoms with Crippen molar-refractivity contribution in [1.29, 1.82) is 0 Å². The molecule has 174 valence electrons. The van der Waals surface area contributed by atoms with Crippen molar-refractivity contribution in [2.45, 2.75) is 58.3 Å². The first-order valence-electron chi connectivity index (χ1n) is 11.2. The van der Waals surface area contributed by atoms with Crippen LogP contribution in [0.2, 0.25) is 0 Å². The van der Waals surface area contributed by atoms with Crippen molar-refractivity contribution in [3.05, 3.63) is 23.4 Å². The number of fused-ring (bicyclic) bond motifs is 1. The van der Waals surface area contributed by atoms with Crippen molar-refractivity contribution in [3.63, 3.8) is 0 Å². The summed E-state index contributed by atoms with van der Waals surface area (Å²) < 4.78 is 6.19. The summed E-state index contributed by atoms with van der Waals surface area (Å²) in [7, 11) is 1.78. The van der Waals surface area contributed by atoms with Crippen LogP contribution < -0.4 is 4.74 Å². The van der Waals surface area contributed by atoms with E-state index in [0.717, 1.165) is 12.8 Å². The third kappa shape index (κ3) is 5.99. The zero-order chi connectivity index (χ0) is 23.4. The van der Waals surface area contributed by atoms with E-state index in [0.29, 0.717) is 31.0 Å². The van der Waals surface area contributed by atoms with Crippen molar-refractivity contribution in [1.82, 2.24) is 14.8 Å². The van der Waals surface area contributed by atoms with Crippen molar-refractivity contribution in [2.24, 2.45) is 11.8 Å². The maximum atomic E-state index is 13.3. The molecule has 2 aliphatic rings. The zero-order valence-electron chi connectivity index (χ0n) is 19.2. The Morgan fingerprint density at radius 3 is 2.75 bits per heavy atom. The van der Waals surface area contributed by atoms with Gasteiger partial charge in [0.25, 0.3) is 5.91 Å². The molecule has 1 fully saturated rings. The topological polar surface area (TPSA) is 103 Å². The summed E-state index contributed by atoms with van der Waals surface area (Å²) >= 11 is 0. The van der Waals surface area contributed by atoms with E-state index in [1.807, 2.05) is 6.92 Å². The molecular weight excluding hydrogens is 410 g/mol. The fourth-order valence-electron chi connectivity index (χ4n) is 3.67. The van der Waals surface area contributed by atoms with Crippen LogP contribution in [0.5, 0.6) is 5.88 Å². The van der Waals surface area contributed by atoms with Crippen LogP contribution in [-0.4, -0.2) is 81.8 Å². The first kappa shape index (κ1) is 24.0. The molecule has 0 saturated heterocycles. The van der Waals surface area contributed by atoms with Crippen molar-refractivity contribution >= 4 is 11.8 Å². The zero-order valence-corrected chi connectivity index (χ0v) is 19.2. The minimum atomic E-state index is -0.802. The van der Waals surface area contributed by atoms with Crippen molar-refractivity contribution in [3.8, 4) is 17.7 Å². The number of aliphatic hydroxyl groups is 2. The van der Waals surface area contributed by atoms with Crippen LogP contribution in [0.1, 0.15) is 56.0 Å². The van der Waals surface area contributed by atoms with Crippen LogP contribution >= 0.6 is 0 Å². The summed E-state index contributed by atoms with van der Waals surface area (Å²) in [5.74, 6) is 5.86. The highest BCUT2D eigenvalue weighted by molar-refractivity contribution is 5.97. The number of carbonyl (C=O) groups excluding carboxylic acids is 2. The van der Waals surface area contributed by atoms with Gasteiger partial charge in [0.2, 0.25) is 11.8 Å². The molecular formula is C24H33N3O5. The average molecular weight is 444 g/mol. The summed E-state index contributed by atoms with van der Waals surface area (Å²) in [5, 5.41) is 19.2. The standard InChI is InChI=1S/C24H33N3O5/c1-15-12-27(16(2)14-28)24(31)20-9-19(6-5-17(3)29)11-25-23(20)32-21(15)13-26(4)22(30)10-18-7-8-18/h9,11,15-18,21,28-29H,7-8,10,12-14H2,1-4H3/t15-,16-,17-,21-/m1/s1. The summed E-state index contributed by atoms with van der Waals surface area (Å²) in [4.78, 5) is 33.5. The minimum Gasteiger partial charge on any atom is -0.472 e. The lowest BCUT2D eigenvalue weighted by atomic mass is 9.99. The van der Waals surface area contributed by atoms with Gasteiger partial charge in [0, 0.05) is 37.7 Å². The monoisotopic (exact) mass is 443 g/mol. The third-order valence-corrected chi connectivity index (χ3v) is 5.99. The fraction of sp³-hybridized carbons (Fsp3) is 0.625. The molecule has 1 aromatic rings. The van der Waals surface area contributed by atoms with Gasteiger partial charge < -0.3 is 24.7 Å². The minimum absolute atomic E-state index is 0.0891. The van der Waals surface area contributed by atoms with Gasteiger partial charge in [-0.1, -0.05) is 18.8 Å². The predicted octanol–water partition coefficient (Wildman–Crippen LogP) is 1.29. The Kier molecular flexibility index (Phi) is 7.75. The lowest BCUT2D eigenvalue weighted by Gasteiger charge is -2.37. The van der Waals surface area contributed by atoms with E-state index in [2.05, 4.69) is 16.8 Å².